The van der Waals surface area contributed by atoms with Crippen molar-refractivity contribution in [1.82, 2.24) is 0 Å². The third-order valence-electron chi connectivity index (χ3n) is 17.0. The van der Waals surface area contributed by atoms with Crippen LogP contribution in [0.15, 0.2) is 109 Å². The van der Waals surface area contributed by atoms with Crippen LogP contribution in [0.4, 0.5) is 0 Å². The van der Waals surface area contributed by atoms with Gasteiger partial charge >= 0.3 is 17.9 Å². The molecule has 2 unspecified atom stereocenters. The zero-order valence-electron chi connectivity index (χ0n) is 61.4. The summed E-state index contributed by atoms with van der Waals surface area (Å²) >= 11 is 0. The predicted octanol–water partition coefficient (Wildman–Crippen LogP) is 24.9. The van der Waals surface area contributed by atoms with Gasteiger partial charge < -0.3 is 28.5 Å². The van der Waals surface area contributed by atoms with Gasteiger partial charge in [-0.05, 0) is 83.5 Å². The van der Waals surface area contributed by atoms with Crippen LogP contribution in [0.25, 0.3) is 0 Å². The van der Waals surface area contributed by atoms with Gasteiger partial charge in [0.15, 0.2) is 6.10 Å². The summed E-state index contributed by atoms with van der Waals surface area (Å²) in [5, 5.41) is 9.77. The number of ether oxygens (including phenoxy) is 4. The van der Waals surface area contributed by atoms with Crippen LogP contribution in [-0.4, -0.2) is 87.4 Å². The number of aliphatic carboxylic acids is 1. The van der Waals surface area contributed by atoms with Gasteiger partial charge in [-0.3, -0.25) is 9.59 Å². The molecule has 0 aliphatic heterocycles. The summed E-state index contributed by atoms with van der Waals surface area (Å²) in [6.45, 7) is 4.81. The molecule has 0 fully saturated rings. The normalized spacial score (nSPS) is 13.3. The van der Waals surface area contributed by atoms with Crippen LogP contribution in [0.2, 0.25) is 0 Å². The summed E-state index contributed by atoms with van der Waals surface area (Å²) in [4.78, 5) is 37.7. The molecule has 0 saturated carbocycles. The molecule has 0 aliphatic rings. The number of hydrogen-bond acceptors (Lipinski definition) is 7. The number of carbonyl (C=O) groups is 3. The summed E-state index contributed by atoms with van der Waals surface area (Å²) < 4.78 is 23.0. The molecule has 0 aromatic carbocycles. The average molecular weight is 1300 g/mol. The van der Waals surface area contributed by atoms with Gasteiger partial charge in [-0.25, -0.2) is 4.79 Å². The number of carbonyl (C=O) groups excluding carboxylic acids is 2. The number of esters is 2. The summed E-state index contributed by atoms with van der Waals surface area (Å²) in [7, 11) is 5.99. The van der Waals surface area contributed by atoms with Crippen molar-refractivity contribution in [3.63, 3.8) is 0 Å². The largest absolute Gasteiger partial charge is 0.477 e. The molecule has 0 spiro atoms. The Hall–Kier alpha value is -4.05. The van der Waals surface area contributed by atoms with Crippen LogP contribution < -0.4 is 0 Å². The first-order valence-electron chi connectivity index (χ1n) is 39.1. The van der Waals surface area contributed by atoms with E-state index in [1.165, 1.54) is 218 Å². The Morgan fingerprint density at radius 2 is 0.613 bits per heavy atom. The van der Waals surface area contributed by atoms with E-state index < -0.39 is 24.3 Å². The van der Waals surface area contributed by atoms with Gasteiger partial charge in [-0.1, -0.05) is 361 Å². The lowest BCUT2D eigenvalue weighted by atomic mass is 10.0. The third kappa shape index (κ3) is 75.2. The molecule has 0 bridgehead atoms. The highest BCUT2D eigenvalue weighted by Crippen LogP contribution is 2.19. The molecule has 0 amide bonds. The number of quaternary nitrogens is 1. The van der Waals surface area contributed by atoms with Crippen LogP contribution >= 0.6 is 0 Å². The lowest BCUT2D eigenvalue weighted by Crippen LogP contribution is -2.40. The number of likely N-dealkylation sites (N-methyl/N-ethyl adjacent to an activating group) is 1. The molecule has 0 heterocycles. The minimum atomic E-state index is -1.51. The van der Waals surface area contributed by atoms with E-state index >= 15 is 0 Å². The minimum absolute atomic E-state index is 0.182. The molecule has 0 aliphatic carbocycles. The SMILES string of the molecule is CC/C=C\C/C=C\C/C=C\C/C=C\C/C=C\C/C=C\C/C=C\C/C=C\C/C=C\CCCCCCCCCCCCCCCC(=O)OC(COC(=O)CCCCCCCCCCCCCCCCCCCCCCCCCCCCC)COC(OCC[N+](C)(C)C)C(=O)O. The van der Waals surface area contributed by atoms with E-state index in [0.717, 1.165) is 103 Å². The second-order valence-electron chi connectivity index (χ2n) is 27.3. The van der Waals surface area contributed by atoms with Gasteiger partial charge in [-0.15, -0.1) is 0 Å². The van der Waals surface area contributed by atoms with Crippen LogP contribution in [0.3, 0.4) is 0 Å². The fourth-order valence-electron chi connectivity index (χ4n) is 11.1. The van der Waals surface area contributed by atoms with Crippen molar-refractivity contribution in [3.8, 4) is 0 Å². The van der Waals surface area contributed by atoms with Gasteiger partial charge in [0.1, 0.15) is 13.2 Å². The topological polar surface area (TPSA) is 108 Å². The van der Waals surface area contributed by atoms with Gasteiger partial charge in [-0.2, -0.15) is 0 Å². The van der Waals surface area contributed by atoms with Gasteiger partial charge in [0.25, 0.3) is 6.29 Å². The highest BCUT2D eigenvalue weighted by molar-refractivity contribution is 5.71. The lowest BCUT2D eigenvalue weighted by molar-refractivity contribution is -0.870. The number of rotatable bonds is 72. The van der Waals surface area contributed by atoms with Crippen molar-refractivity contribution in [3.05, 3.63) is 109 Å². The molecule has 536 valence electrons. The maximum atomic E-state index is 13.0. The molecule has 2 atom stereocenters. The second-order valence-corrected chi connectivity index (χ2v) is 27.3. The molecular formula is C84H148NO8+. The maximum absolute atomic E-state index is 13.0. The van der Waals surface area contributed by atoms with Gasteiger partial charge in [0.05, 0.1) is 34.4 Å². The molecule has 1 N–H and O–H groups in total. The fraction of sp³-hybridized carbons (Fsp3) is 0.750. The van der Waals surface area contributed by atoms with Crippen molar-refractivity contribution in [2.75, 3.05) is 47.5 Å². The number of carboxylic acid groups (broad SMARTS) is 1. The molecule has 0 rings (SSSR count). The zero-order valence-corrected chi connectivity index (χ0v) is 61.4. The van der Waals surface area contributed by atoms with Crippen LogP contribution in [0.5, 0.6) is 0 Å². The van der Waals surface area contributed by atoms with Crippen LogP contribution in [0.1, 0.15) is 348 Å². The maximum Gasteiger partial charge on any atom is 0.361 e. The Bertz CT molecular complexity index is 1900. The Labute approximate surface area is 575 Å². The van der Waals surface area contributed by atoms with Crippen molar-refractivity contribution in [2.45, 2.75) is 360 Å². The van der Waals surface area contributed by atoms with Crippen molar-refractivity contribution < 1.29 is 42.9 Å². The van der Waals surface area contributed by atoms with Crippen molar-refractivity contribution in [1.29, 1.82) is 0 Å². The van der Waals surface area contributed by atoms with E-state index in [-0.39, 0.29) is 32.2 Å². The van der Waals surface area contributed by atoms with Crippen LogP contribution in [-0.2, 0) is 33.3 Å². The minimum Gasteiger partial charge on any atom is -0.477 e. The van der Waals surface area contributed by atoms with E-state index in [2.05, 4.69) is 123 Å². The van der Waals surface area contributed by atoms with E-state index in [0.29, 0.717) is 17.4 Å². The fourth-order valence-corrected chi connectivity index (χ4v) is 11.1. The summed E-state index contributed by atoms with van der Waals surface area (Å²) in [6.07, 6.45) is 101. The number of carboxylic acids is 1. The smallest absolute Gasteiger partial charge is 0.361 e. The lowest BCUT2D eigenvalue weighted by Gasteiger charge is -2.25. The summed E-state index contributed by atoms with van der Waals surface area (Å²) in [5.74, 6) is -1.99. The Morgan fingerprint density at radius 1 is 0.333 bits per heavy atom. The van der Waals surface area contributed by atoms with Crippen molar-refractivity contribution in [2.24, 2.45) is 0 Å². The highest BCUT2D eigenvalue weighted by atomic mass is 16.7. The van der Waals surface area contributed by atoms with Gasteiger partial charge in [0, 0.05) is 12.8 Å². The van der Waals surface area contributed by atoms with E-state index in [4.69, 9.17) is 18.9 Å². The highest BCUT2D eigenvalue weighted by Gasteiger charge is 2.25. The number of allylic oxidation sites excluding steroid dienone is 18. The Morgan fingerprint density at radius 3 is 0.914 bits per heavy atom. The van der Waals surface area contributed by atoms with Crippen LogP contribution in [0, 0.1) is 0 Å². The number of nitrogens with zero attached hydrogens (tertiary/aromatic N) is 1. The quantitative estimate of drug-likeness (QED) is 0.0211. The molecule has 0 radical (unpaired) electrons. The first-order chi connectivity index (χ1) is 45.6. The predicted molar refractivity (Wildman–Crippen MR) is 401 cm³/mol. The monoisotopic (exact) mass is 1300 g/mol. The van der Waals surface area contributed by atoms with Crippen molar-refractivity contribution >= 4 is 17.9 Å². The van der Waals surface area contributed by atoms with E-state index in [9.17, 15) is 19.5 Å². The Kier molecular flexibility index (Phi) is 70.5. The molecule has 0 saturated heterocycles. The molecule has 0 aromatic heterocycles. The zero-order chi connectivity index (χ0) is 67.5. The second kappa shape index (κ2) is 73.8. The molecule has 93 heavy (non-hydrogen) atoms. The van der Waals surface area contributed by atoms with E-state index in [1.807, 2.05) is 21.1 Å². The third-order valence-corrected chi connectivity index (χ3v) is 17.0. The summed E-state index contributed by atoms with van der Waals surface area (Å²) in [5.41, 5.74) is 0. The average Bonchev–Trinajstić information content (AvgIpc) is 3.38. The molecular weight excluding hydrogens is 1150 g/mol. The number of hydrogen-bond donors (Lipinski definition) is 1. The standard InChI is InChI=1S/C84H147NO8/c1-6-8-10-12-14-16-18-20-22-24-26-28-30-32-34-35-36-37-38-39-40-41-42-43-44-45-46-47-49-51-53-55-57-59-61-63-65-67-69-71-73-75-82(87)93-80(79-92-84(83(88)89)90-77-76-85(3,4)5)78-91-81(86)74-72-70-68-66-64-62-60-58-56-54-52-50-48-33-31-29-27-25-23-21-19-17-15-13-11-9-7-2/h8,10,14,16,20,22,26,28,32,34,36-37,39-40,42-43,45-46,80,84H,6-7,9,11-13,15,17-19,21,23-25,27,29-31,33,35,38,41,44,47-79H2,1-5H3/p+1/b10-8-,16-14-,22-20-,28-26-,34-32-,37-36-,40-39-,43-42-,46-45-. The van der Waals surface area contributed by atoms with E-state index in [1.54, 1.807) is 0 Å². The Balaban J connectivity index is 4.06. The van der Waals surface area contributed by atoms with Gasteiger partial charge in [0.2, 0.25) is 0 Å². The first kappa shape index (κ1) is 89.0. The molecule has 9 nitrogen and oxygen atoms in total. The first-order valence-corrected chi connectivity index (χ1v) is 39.1. The number of unbranched alkanes of at least 4 members (excludes halogenated alkanes) is 39. The molecule has 0 aromatic rings. The summed E-state index contributed by atoms with van der Waals surface area (Å²) in [6, 6.07) is 0. The molecule has 9 heteroatoms.